The van der Waals surface area contributed by atoms with Crippen molar-refractivity contribution in [2.45, 2.75) is 31.7 Å². The molecule has 2 aliphatic heterocycles. The summed E-state index contributed by atoms with van der Waals surface area (Å²) < 4.78 is 15.5. The SMILES string of the molecule is COc1ccc(NC(=O)C2CCCN(C3CCOCC3)C2)c2nonc12. The number of methoxy groups -OCH3 is 1. The molecule has 0 saturated carbocycles. The fourth-order valence-electron chi connectivity index (χ4n) is 3.95. The van der Waals surface area contributed by atoms with Gasteiger partial charge < -0.3 is 14.8 Å². The first-order valence-electron chi connectivity index (χ1n) is 9.18. The van der Waals surface area contributed by atoms with Gasteiger partial charge in [-0.2, -0.15) is 0 Å². The molecule has 140 valence electrons. The van der Waals surface area contributed by atoms with Gasteiger partial charge in [-0.3, -0.25) is 9.69 Å². The number of piperidine rings is 1. The van der Waals surface area contributed by atoms with Crippen molar-refractivity contribution in [2.75, 3.05) is 38.7 Å². The predicted molar refractivity (Wildman–Crippen MR) is 95.1 cm³/mol. The number of amides is 1. The number of ether oxygens (including phenoxy) is 2. The van der Waals surface area contributed by atoms with Crippen LogP contribution in [0, 0.1) is 5.92 Å². The molecule has 2 fully saturated rings. The molecule has 8 heteroatoms. The maximum Gasteiger partial charge on any atom is 0.228 e. The van der Waals surface area contributed by atoms with E-state index in [-0.39, 0.29) is 11.8 Å². The van der Waals surface area contributed by atoms with E-state index in [2.05, 4.69) is 20.5 Å². The number of carbonyl (C=O) groups is 1. The Hall–Kier alpha value is -2.19. The van der Waals surface area contributed by atoms with E-state index in [0.29, 0.717) is 28.5 Å². The molecule has 0 bridgehead atoms. The van der Waals surface area contributed by atoms with Crippen molar-refractivity contribution >= 4 is 22.6 Å². The fourth-order valence-corrected chi connectivity index (χ4v) is 3.95. The van der Waals surface area contributed by atoms with Crippen LogP contribution in [-0.4, -0.2) is 60.6 Å². The molecule has 26 heavy (non-hydrogen) atoms. The molecule has 1 N–H and O–H groups in total. The number of nitrogens with one attached hydrogen (secondary N) is 1. The largest absolute Gasteiger partial charge is 0.494 e. The van der Waals surface area contributed by atoms with Crippen molar-refractivity contribution in [1.82, 2.24) is 15.2 Å². The number of aromatic nitrogens is 2. The number of rotatable bonds is 4. The minimum absolute atomic E-state index is 0.0243. The molecule has 2 saturated heterocycles. The molecule has 1 amide bonds. The maximum absolute atomic E-state index is 12.8. The van der Waals surface area contributed by atoms with E-state index in [9.17, 15) is 4.79 Å². The van der Waals surface area contributed by atoms with E-state index in [4.69, 9.17) is 14.1 Å². The van der Waals surface area contributed by atoms with Gasteiger partial charge in [0.15, 0.2) is 16.8 Å². The lowest BCUT2D eigenvalue weighted by atomic mass is 9.94. The van der Waals surface area contributed by atoms with Gasteiger partial charge in [0.05, 0.1) is 18.7 Å². The van der Waals surface area contributed by atoms with Crippen molar-refractivity contribution in [2.24, 2.45) is 5.92 Å². The summed E-state index contributed by atoms with van der Waals surface area (Å²) in [5, 5.41) is 10.8. The number of anilines is 1. The van der Waals surface area contributed by atoms with Crippen LogP contribution in [0.15, 0.2) is 16.8 Å². The van der Waals surface area contributed by atoms with Crippen molar-refractivity contribution in [3.05, 3.63) is 12.1 Å². The van der Waals surface area contributed by atoms with Crippen molar-refractivity contribution in [1.29, 1.82) is 0 Å². The first-order chi connectivity index (χ1) is 12.8. The zero-order chi connectivity index (χ0) is 17.9. The molecule has 0 spiro atoms. The first kappa shape index (κ1) is 17.2. The summed E-state index contributed by atoms with van der Waals surface area (Å²) in [5.41, 5.74) is 1.63. The minimum Gasteiger partial charge on any atom is -0.494 e. The van der Waals surface area contributed by atoms with Crippen LogP contribution in [-0.2, 0) is 9.53 Å². The lowest BCUT2D eigenvalue weighted by Crippen LogP contribution is -2.47. The summed E-state index contributed by atoms with van der Waals surface area (Å²) in [6, 6.07) is 4.08. The molecule has 3 heterocycles. The monoisotopic (exact) mass is 360 g/mol. The zero-order valence-electron chi connectivity index (χ0n) is 14.9. The normalized spacial score (nSPS) is 22.4. The van der Waals surface area contributed by atoms with E-state index in [0.717, 1.165) is 52.0 Å². The summed E-state index contributed by atoms with van der Waals surface area (Å²) in [5.74, 6) is 0.572. The average molecular weight is 360 g/mol. The standard InChI is InChI=1S/C18H24N4O4/c1-24-15-5-4-14(16-17(15)21-26-20-16)19-18(23)12-3-2-8-22(11-12)13-6-9-25-10-7-13/h4-5,12-13H,2-3,6-11H2,1H3,(H,19,23). The average Bonchev–Trinajstić information content (AvgIpc) is 3.19. The van der Waals surface area contributed by atoms with Crippen LogP contribution in [0.3, 0.4) is 0 Å². The molecule has 1 atom stereocenters. The van der Waals surface area contributed by atoms with Gasteiger partial charge in [-0.15, -0.1) is 0 Å². The predicted octanol–water partition coefficient (Wildman–Crippen LogP) is 2.06. The van der Waals surface area contributed by atoms with Crippen molar-refractivity contribution < 1.29 is 18.9 Å². The Bertz CT molecular complexity index is 772. The lowest BCUT2D eigenvalue weighted by molar-refractivity contribution is -0.122. The topological polar surface area (TPSA) is 89.7 Å². The maximum atomic E-state index is 12.8. The van der Waals surface area contributed by atoms with Gasteiger partial charge in [0.25, 0.3) is 0 Å². The van der Waals surface area contributed by atoms with Gasteiger partial charge in [0.1, 0.15) is 0 Å². The van der Waals surface area contributed by atoms with E-state index < -0.39 is 0 Å². The molecule has 0 radical (unpaired) electrons. The van der Waals surface area contributed by atoms with Gasteiger partial charge >= 0.3 is 0 Å². The van der Waals surface area contributed by atoms with E-state index in [1.807, 2.05) is 0 Å². The van der Waals surface area contributed by atoms with Crippen LogP contribution in [0.25, 0.3) is 11.0 Å². The summed E-state index contributed by atoms with van der Waals surface area (Å²) in [4.78, 5) is 15.3. The summed E-state index contributed by atoms with van der Waals surface area (Å²) in [6.45, 7) is 3.50. The number of fused-ring (bicyclic) bond motifs is 1. The number of benzene rings is 1. The quantitative estimate of drug-likeness (QED) is 0.892. The summed E-state index contributed by atoms with van der Waals surface area (Å²) in [6.07, 6.45) is 4.05. The lowest BCUT2D eigenvalue weighted by Gasteiger charge is -2.39. The van der Waals surface area contributed by atoms with Crippen LogP contribution in [0.5, 0.6) is 5.75 Å². The Labute approximate surface area is 151 Å². The van der Waals surface area contributed by atoms with Gasteiger partial charge in [-0.25, -0.2) is 4.63 Å². The number of likely N-dealkylation sites (tertiary alicyclic amines) is 1. The number of carbonyl (C=O) groups excluding carboxylic acids is 1. The van der Waals surface area contributed by atoms with Crippen LogP contribution in [0.1, 0.15) is 25.7 Å². The molecule has 1 aromatic heterocycles. The minimum atomic E-state index is -0.0244. The third-order valence-corrected chi connectivity index (χ3v) is 5.39. The highest BCUT2D eigenvalue weighted by atomic mass is 16.6. The highest BCUT2D eigenvalue weighted by molar-refractivity contribution is 6.01. The molecule has 2 aliphatic rings. The van der Waals surface area contributed by atoms with E-state index in [1.165, 1.54) is 0 Å². The van der Waals surface area contributed by atoms with Gasteiger partial charge in [0, 0.05) is 25.8 Å². The smallest absolute Gasteiger partial charge is 0.228 e. The Balaban J connectivity index is 1.45. The summed E-state index contributed by atoms with van der Waals surface area (Å²) in [7, 11) is 1.56. The second-order valence-corrected chi connectivity index (χ2v) is 6.94. The highest BCUT2D eigenvalue weighted by Gasteiger charge is 2.31. The van der Waals surface area contributed by atoms with Crippen LogP contribution >= 0.6 is 0 Å². The molecular formula is C18H24N4O4. The highest BCUT2D eigenvalue weighted by Crippen LogP contribution is 2.30. The first-order valence-corrected chi connectivity index (χ1v) is 9.18. The summed E-state index contributed by atoms with van der Waals surface area (Å²) >= 11 is 0. The van der Waals surface area contributed by atoms with E-state index >= 15 is 0 Å². The molecule has 1 aromatic carbocycles. The second kappa shape index (κ2) is 7.59. The van der Waals surface area contributed by atoms with Crippen molar-refractivity contribution in [3.8, 4) is 5.75 Å². The Morgan fingerprint density at radius 1 is 1.23 bits per heavy atom. The molecular weight excluding hydrogens is 336 g/mol. The third kappa shape index (κ3) is 3.39. The van der Waals surface area contributed by atoms with Gasteiger partial charge in [-0.1, -0.05) is 0 Å². The van der Waals surface area contributed by atoms with Crippen LogP contribution in [0.2, 0.25) is 0 Å². The zero-order valence-corrected chi connectivity index (χ0v) is 14.9. The molecule has 8 nitrogen and oxygen atoms in total. The van der Waals surface area contributed by atoms with Gasteiger partial charge in [0.2, 0.25) is 5.91 Å². The Kier molecular flexibility index (Phi) is 5.03. The van der Waals surface area contributed by atoms with E-state index in [1.54, 1.807) is 19.2 Å². The Morgan fingerprint density at radius 2 is 2.04 bits per heavy atom. The molecule has 2 aromatic rings. The molecule has 4 rings (SSSR count). The Morgan fingerprint density at radius 3 is 2.85 bits per heavy atom. The van der Waals surface area contributed by atoms with Crippen LogP contribution in [0.4, 0.5) is 5.69 Å². The fraction of sp³-hybridized carbons (Fsp3) is 0.611. The molecule has 1 unspecified atom stereocenters. The number of nitrogens with zero attached hydrogens (tertiary/aromatic N) is 3. The van der Waals surface area contributed by atoms with Gasteiger partial charge in [-0.05, 0) is 54.7 Å². The third-order valence-electron chi connectivity index (χ3n) is 5.39. The number of hydrogen-bond donors (Lipinski definition) is 1. The van der Waals surface area contributed by atoms with Crippen molar-refractivity contribution in [3.63, 3.8) is 0 Å². The molecule has 0 aliphatic carbocycles. The van der Waals surface area contributed by atoms with Crippen LogP contribution < -0.4 is 10.1 Å². The number of hydrogen-bond acceptors (Lipinski definition) is 7. The second-order valence-electron chi connectivity index (χ2n) is 6.94.